The summed E-state index contributed by atoms with van der Waals surface area (Å²) in [4.78, 5) is 4.32. The van der Waals surface area contributed by atoms with Crippen molar-refractivity contribution in [3.05, 3.63) is 28.5 Å². The van der Waals surface area contributed by atoms with Gasteiger partial charge in [0.15, 0.2) is 0 Å². The topological polar surface area (TPSA) is 6.48 Å². The van der Waals surface area contributed by atoms with E-state index in [9.17, 15) is 4.39 Å². The zero-order valence-corrected chi connectivity index (χ0v) is 12.0. The van der Waals surface area contributed by atoms with Gasteiger partial charge < -0.3 is 9.80 Å². The van der Waals surface area contributed by atoms with E-state index in [-0.39, 0.29) is 11.7 Å². The average molecular weight is 271 g/mol. The van der Waals surface area contributed by atoms with Gasteiger partial charge in [-0.1, -0.05) is 25.4 Å². The first-order chi connectivity index (χ1) is 8.49. The molecule has 2 nitrogen and oxygen atoms in total. The minimum atomic E-state index is -0.160. The van der Waals surface area contributed by atoms with E-state index in [0.29, 0.717) is 10.7 Å². The van der Waals surface area contributed by atoms with E-state index in [1.54, 1.807) is 12.1 Å². The van der Waals surface area contributed by atoms with Gasteiger partial charge in [-0.3, -0.25) is 0 Å². The Bertz CT molecular complexity index is 426. The highest BCUT2D eigenvalue weighted by atomic mass is 35.5. The van der Waals surface area contributed by atoms with Gasteiger partial charge in [-0.05, 0) is 30.7 Å². The fraction of sp³-hybridized carbons (Fsp3) is 0.571. The average Bonchev–Trinajstić information content (AvgIpc) is 2.32. The second-order valence-corrected chi connectivity index (χ2v) is 5.68. The van der Waals surface area contributed by atoms with Gasteiger partial charge in [-0.2, -0.15) is 0 Å². The summed E-state index contributed by atoms with van der Waals surface area (Å²) in [7, 11) is 2.09. The Balaban J connectivity index is 2.26. The molecule has 1 aromatic carbocycles. The maximum Gasteiger partial charge on any atom is 0.146 e. The van der Waals surface area contributed by atoms with Crippen molar-refractivity contribution in [2.45, 2.75) is 19.8 Å². The lowest BCUT2D eigenvalue weighted by molar-refractivity contribution is 0.311. The lowest BCUT2D eigenvalue weighted by Crippen LogP contribution is -2.44. The second-order valence-electron chi connectivity index (χ2n) is 5.27. The molecular formula is C14H20ClFN2. The largest absolute Gasteiger partial charge is 0.367 e. The molecule has 1 fully saturated rings. The molecule has 18 heavy (non-hydrogen) atoms. The minimum Gasteiger partial charge on any atom is -0.367 e. The van der Waals surface area contributed by atoms with Crippen molar-refractivity contribution in [2.24, 2.45) is 0 Å². The summed E-state index contributed by atoms with van der Waals surface area (Å²) in [6.45, 7) is 7.67. The van der Waals surface area contributed by atoms with Crippen molar-refractivity contribution in [2.75, 3.05) is 38.1 Å². The Labute approximate surface area is 113 Å². The lowest BCUT2D eigenvalue weighted by atomic mass is 10.0. The van der Waals surface area contributed by atoms with Gasteiger partial charge in [0.25, 0.3) is 0 Å². The normalized spacial score (nSPS) is 17.6. The third-order valence-corrected chi connectivity index (χ3v) is 3.86. The summed E-state index contributed by atoms with van der Waals surface area (Å²) in [6, 6.07) is 3.36. The lowest BCUT2D eigenvalue weighted by Gasteiger charge is -2.34. The van der Waals surface area contributed by atoms with Crippen LogP contribution in [0, 0.1) is 5.82 Å². The minimum absolute atomic E-state index is 0.160. The molecule has 1 saturated heterocycles. The number of piperazine rings is 1. The van der Waals surface area contributed by atoms with Crippen LogP contribution in [0.15, 0.2) is 12.1 Å². The summed E-state index contributed by atoms with van der Waals surface area (Å²) < 4.78 is 14.2. The van der Waals surface area contributed by atoms with E-state index in [4.69, 9.17) is 11.6 Å². The van der Waals surface area contributed by atoms with Crippen LogP contribution in [0.3, 0.4) is 0 Å². The second kappa shape index (κ2) is 5.45. The van der Waals surface area contributed by atoms with Crippen molar-refractivity contribution in [3.8, 4) is 0 Å². The van der Waals surface area contributed by atoms with Crippen LogP contribution in [-0.2, 0) is 0 Å². The van der Waals surface area contributed by atoms with Crippen LogP contribution in [0.5, 0.6) is 0 Å². The highest BCUT2D eigenvalue weighted by Gasteiger charge is 2.19. The first-order valence-electron chi connectivity index (χ1n) is 6.41. The Morgan fingerprint density at radius 2 is 1.78 bits per heavy atom. The number of hydrogen-bond acceptors (Lipinski definition) is 2. The Kier molecular flexibility index (Phi) is 4.13. The van der Waals surface area contributed by atoms with Gasteiger partial charge in [0.1, 0.15) is 5.82 Å². The van der Waals surface area contributed by atoms with Gasteiger partial charge >= 0.3 is 0 Å². The van der Waals surface area contributed by atoms with Gasteiger partial charge in [-0.25, -0.2) is 4.39 Å². The molecule has 1 aromatic rings. The zero-order valence-electron chi connectivity index (χ0n) is 11.2. The molecule has 0 saturated carbocycles. The van der Waals surface area contributed by atoms with Gasteiger partial charge in [-0.15, -0.1) is 0 Å². The molecule has 100 valence electrons. The predicted molar refractivity (Wildman–Crippen MR) is 75.2 cm³/mol. The van der Waals surface area contributed by atoms with E-state index < -0.39 is 0 Å². The van der Waals surface area contributed by atoms with Crippen molar-refractivity contribution in [1.82, 2.24) is 4.90 Å². The summed E-state index contributed by atoms with van der Waals surface area (Å²) in [5.41, 5.74) is 1.52. The molecule has 0 aromatic heterocycles. The van der Waals surface area contributed by atoms with Gasteiger partial charge in [0, 0.05) is 31.2 Å². The molecule has 4 heteroatoms. The van der Waals surface area contributed by atoms with E-state index in [1.165, 1.54) is 0 Å². The SMILES string of the molecule is CC(C)c1cc(F)c(N2CCN(C)CC2)cc1Cl. The van der Waals surface area contributed by atoms with Crippen molar-refractivity contribution >= 4 is 17.3 Å². The summed E-state index contributed by atoms with van der Waals surface area (Å²) in [6.07, 6.45) is 0. The molecule has 1 aliphatic heterocycles. The molecule has 0 spiro atoms. The van der Waals surface area contributed by atoms with Crippen molar-refractivity contribution in [1.29, 1.82) is 0 Å². The van der Waals surface area contributed by atoms with Crippen molar-refractivity contribution in [3.63, 3.8) is 0 Å². The summed E-state index contributed by atoms with van der Waals surface area (Å²) >= 11 is 6.24. The van der Waals surface area contributed by atoms with Crippen LogP contribution in [0.2, 0.25) is 5.02 Å². The quantitative estimate of drug-likeness (QED) is 0.813. The smallest absolute Gasteiger partial charge is 0.146 e. The molecule has 0 bridgehead atoms. The molecular weight excluding hydrogens is 251 g/mol. The monoisotopic (exact) mass is 270 g/mol. The molecule has 0 aliphatic carbocycles. The number of halogens is 2. The van der Waals surface area contributed by atoms with E-state index in [2.05, 4.69) is 16.8 Å². The zero-order chi connectivity index (χ0) is 13.3. The van der Waals surface area contributed by atoms with Crippen LogP contribution in [-0.4, -0.2) is 38.1 Å². The Morgan fingerprint density at radius 1 is 1.17 bits per heavy atom. The number of rotatable bonds is 2. The predicted octanol–water partition coefficient (Wildman–Crippen LogP) is 3.35. The summed E-state index contributed by atoms with van der Waals surface area (Å²) in [5.74, 6) is 0.0844. The van der Waals surface area contributed by atoms with E-state index in [1.807, 2.05) is 13.8 Å². The standard InChI is InChI=1S/C14H20ClFN2/c1-10(2)11-8-13(16)14(9-12(11)15)18-6-4-17(3)5-7-18/h8-10H,4-7H2,1-3H3. The van der Waals surface area contributed by atoms with E-state index in [0.717, 1.165) is 31.7 Å². The molecule has 0 N–H and O–H groups in total. The Morgan fingerprint density at radius 3 is 2.33 bits per heavy atom. The number of anilines is 1. The third-order valence-electron chi connectivity index (χ3n) is 3.53. The maximum absolute atomic E-state index is 14.2. The molecule has 1 aliphatic rings. The fourth-order valence-electron chi connectivity index (χ4n) is 2.28. The third kappa shape index (κ3) is 2.78. The van der Waals surface area contributed by atoms with Crippen molar-refractivity contribution < 1.29 is 4.39 Å². The molecule has 0 amide bonds. The van der Waals surface area contributed by atoms with Gasteiger partial charge in [0.05, 0.1) is 5.69 Å². The Hall–Kier alpha value is -0.800. The molecule has 2 rings (SSSR count). The molecule has 0 unspecified atom stereocenters. The maximum atomic E-state index is 14.2. The van der Waals surface area contributed by atoms with Crippen LogP contribution in [0.4, 0.5) is 10.1 Å². The number of likely N-dealkylation sites (N-methyl/N-ethyl adjacent to an activating group) is 1. The molecule has 0 atom stereocenters. The van der Waals surface area contributed by atoms with Crippen LogP contribution < -0.4 is 4.90 Å². The first kappa shape index (κ1) is 13.6. The molecule has 1 heterocycles. The first-order valence-corrected chi connectivity index (χ1v) is 6.79. The van der Waals surface area contributed by atoms with Crippen LogP contribution in [0.1, 0.15) is 25.3 Å². The van der Waals surface area contributed by atoms with Crippen LogP contribution in [0.25, 0.3) is 0 Å². The number of benzene rings is 1. The fourth-order valence-corrected chi connectivity index (χ4v) is 2.66. The highest BCUT2D eigenvalue weighted by molar-refractivity contribution is 6.31. The van der Waals surface area contributed by atoms with Gasteiger partial charge in [0.2, 0.25) is 0 Å². The van der Waals surface area contributed by atoms with Crippen LogP contribution >= 0.6 is 11.6 Å². The highest BCUT2D eigenvalue weighted by Crippen LogP contribution is 2.31. The summed E-state index contributed by atoms with van der Waals surface area (Å²) in [5, 5.41) is 0.667. The van der Waals surface area contributed by atoms with E-state index >= 15 is 0 Å². The number of nitrogens with zero attached hydrogens (tertiary/aromatic N) is 2. The number of hydrogen-bond donors (Lipinski definition) is 0. The molecule has 0 radical (unpaired) electrons.